The molecule has 2 saturated heterocycles. The van der Waals surface area contributed by atoms with Crippen LogP contribution in [-0.4, -0.2) is 63.9 Å². The molecular formula is C28H36F2N4O4S. The van der Waals surface area contributed by atoms with Gasteiger partial charge in [-0.05, 0) is 80.0 Å². The second-order valence-corrected chi connectivity index (χ2v) is 13.1. The SMILES string of the molecule is Cc1cc(NC(=O)c2ccc(NS(=O)(=O)CCO)cc2N2CCC3(CC2)CC3)cc(N2CCC(F)(F)CC2)c1. The van der Waals surface area contributed by atoms with Crippen LogP contribution < -0.4 is 19.8 Å². The Balaban J connectivity index is 1.39. The van der Waals surface area contributed by atoms with Crippen molar-refractivity contribution in [3.8, 4) is 0 Å². The van der Waals surface area contributed by atoms with Gasteiger partial charge in [-0.2, -0.15) is 0 Å². The molecule has 1 amide bonds. The molecule has 3 N–H and O–H groups in total. The highest BCUT2D eigenvalue weighted by atomic mass is 32.2. The number of hydrogen-bond acceptors (Lipinski definition) is 6. The second-order valence-electron chi connectivity index (χ2n) is 11.2. The molecule has 11 heteroatoms. The summed E-state index contributed by atoms with van der Waals surface area (Å²) < 4.78 is 54.4. The summed E-state index contributed by atoms with van der Waals surface area (Å²) in [6.45, 7) is 3.46. The van der Waals surface area contributed by atoms with Gasteiger partial charge < -0.3 is 20.2 Å². The number of aryl methyl sites for hydroxylation is 1. The maximum absolute atomic E-state index is 13.7. The van der Waals surface area contributed by atoms with Crippen molar-refractivity contribution in [2.45, 2.75) is 51.4 Å². The van der Waals surface area contributed by atoms with Crippen LogP contribution in [0, 0.1) is 12.3 Å². The van der Waals surface area contributed by atoms with E-state index in [2.05, 4.69) is 14.9 Å². The Labute approximate surface area is 228 Å². The van der Waals surface area contributed by atoms with Crippen molar-refractivity contribution in [3.63, 3.8) is 0 Å². The molecular weight excluding hydrogens is 526 g/mol. The molecule has 0 radical (unpaired) electrons. The summed E-state index contributed by atoms with van der Waals surface area (Å²) in [5, 5.41) is 12.1. The molecule has 0 unspecified atom stereocenters. The third kappa shape index (κ3) is 6.63. The Morgan fingerprint density at radius 3 is 2.23 bits per heavy atom. The third-order valence-corrected chi connectivity index (χ3v) is 9.44. The monoisotopic (exact) mass is 562 g/mol. The molecule has 39 heavy (non-hydrogen) atoms. The Morgan fingerprint density at radius 2 is 1.59 bits per heavy atom. The summed E-state index contributed by atoms with van der Waals surface area (Å²) >= 11 is 0. The molecule has 2 heterocycles. The van der Waals surface area contributed by atoms with Crippen molar-refractivity contribution >= 4 is 38.7 Å². The molecule has 3 aliphatic rings. The zero-order valence-corrected chi connectivity index (χ0v) is 23.0. The molecule has 0 atom stereocenters. The number of piperidine rings is 2. The van der Waals surface area contributed by atoms with E-state index < -0.39 is 28.3 Å². The van der Waals surface area contributed by atoms with E-state index >= 15 is 0 Å². The molecule has 2 aliphatic heterocycles. The second kappa shape index (κ2) is 10.6. The van der Waals surface area contributed by atoms with E-state index in [1.165, 1.54) is 12.8 Å². The molecule has 212 valence electrons. The summed E-state index contributed by atoms with van der Waals surface area (Å²) in [6, 6.07) is 10.4. The van der Waals surface area contributed by atoms with E-state index in [1.54, 1.807) is 18.2 Å². The van der Waals surface area contributed by atoms with Crippen molar-refractivity contribution in [3.05, 3.63) is 47.5 Å². The first-order valence-electron chi connectivity index (χ1n) is 13.5. The predicted molar refractivity (Wildman–Crippen MR) is 150 cm³/mol. The maximum atomic E-state index is 13.7. The van der Waals surface area contributed by atoms with Crippen LogP contribution in [0.2, 0.25) is 0 Å². The third-order valence-electron chi connectivity index (χ3n) is 8.18. The lowest BCUT2D eigenvalue weighted by molar-refractivity contribution is -0.0220. The predicted octanol–water partition coefficient (Wildman–Crippen LogP) is 4.60. The van der Waals surface area contributed by atoms with Crippen LogP contribution in [0.15, 0.2) is 36.4 Å². The number of rotatable bonds is 8. The lowest BCUT2D eigenvalue weighted by atomic mass is 9.93. The van der Waals surface area contributed by atoms with Crippen molar-refractivity contribution < 1.29 is 27.1 Å². The number of hydrogen-bond donors (Lipinski definition) is 3. The van der Waals surface area contributed by atoms with E-state index in [0.29, 0.717) is 28.0 Å². The lowest BCUT2D eigenvalue weighted by Crippen LogP contribution is -2.39. The molecule has 3 fully saturated rings. The number of sulfonamides is 1. The average molecular weight is 563 g/mol. The minimum absolute atomic E-state index is 0.197. The van der Waals surface area contributed by atoms with Gasteiger partial charge in [0.05, 0.1) is 29.3 Å². The number of nitrogens with zero attached hydrogens (tertiary/aromatic N) is 2. The van der Waals surface area contributed by atoms with Crippen molar-refractivity contribution in [1.29, 1.82) is 0 Å². The summed E-state index contributed by atoms with van der Waals surface area (Å²) in [4.78, 5) is 17.6. The lowest BCUT2D eigenvalue weighted by Gasteiger charge is -2.35. The summed E-state index contributed by atoms with van der Waals surface area (Å²) in [5.41, 5.74) is 4.10. The van der Waals surface area contributed by atoms with E-state index in [0.717, 1.165) is 37.2 Å². The van der Waals surface area contributed by atoms with Gasteiger partial charge in [0.1, 0.15) is 0 Å². The Hall–Kier alpha value is -2.92. The Morgan fingerprint density at radius 1 is 0.923 bits per heavy atom. The topological polar surface area (TPSA) is 102 Å². The smallest absolute Gasteiger partial charge is 0.257 e. The molecule has 2 aromatic rings. The number of aliphatic hydroxyl groups excluding tert-OH is 1. The van der Waals surface area contributed by atoms with Crippen LogP contribution in [0.4, 0.5) is 31.5 Å². The summed E-state index contributed by atoms with van der Waals surface area (Å²) in [6.07, 6.45) is 4.14. The van der Waals surface area contributed by atoms with E-state index in [9.17, 15) is 22.0 Å². The molecule has 0 aromatic heterocycles. The van der Waals surface area contributed by atoms with Crippen molar-refractivity contribution in [1.82, 2.24) is 0 Å². The molecule has 2 aromatic carbocycles. The quantitative estimate of drug-likeness (QED) is 0.435. The van der Waals surface area contributed by atoms with E-state index in [4.69, 9.17) is 5.11 Å². The van der Waals surface area contributed by atoms with Gasteiger partial charge in [0.2, 0.25) is 10.0 Å². The van der Waals surface area contributed by atoms with Crippen LogP contribution in [-0.2, 0) is 10.0 Å². The maximum Gasteiger partial charge on any atom is 0.257 e. The highest BCUT2D eigenvalue weighted by molar-refractivity contribution is 7.92. The first-order chi connectivity index (χ1) is 18.5. The number of nitrogens with one attached hydrogen (secondary N) is 2. The highest BCUT2D eigenvalue weighted by Crippen LogP contribution is 2.54. The fraction of sp³-hybridized carbons (Fsp3) is 0.536. The van der Waals surface area contributed by atoms with Gasteiger partial charge in [-0.15, -0.1) is 0 Å². The molecule has 1 spiro atoms. The Kier molecular flexibility index (Phi) is 7.49. The van der Waals surface area contributed by atoms with Gasteiger partial charge in [0.15, 0.2) is 0 Å². The number of carbonyl (C=O) groups excluding carboxylic acids is 1. The van der Waals surface area contributed by atoms with Crippen molar-refractivity contribution in [2.24, 2.45) is 5.41 Å². The number of benzene rings is 2. The minimum atomic E-state index is -3.72. The van der Waals surface area contributed by atoms with Gasteiger partial charge in [0.25, 0.3) is 11.8 Å². The van der Waals surface area contributed by atoms with Crippen LogP contribution in [0.5, 0.6) is 0 Å². The number of halogens is 2. The van der Waals surface area contributed by atoms with Crippen LogP contribution in [0.1, 0.15) is 54.4 Å². The fourth-order valence-corrected chi connectivity index (χ4v) is 6.43. The zero-order valence-electron chi connectivity index (χ0n) is 22.2. The standard InChI is InChI=1S/C28H36F2N4O4S/c1-20-16-22(18-23(17-20)33-12-8-28(29,30)9-13-33)31-26(36)24-3-2-21(32-39(37,38)15-14-35)19-25(24)34-10-6-27(4-5-27)7-11-34/h2-3,16-19,32,35H,4-15H2,1H3,(H,31,36). The van der Waals surface area contributed by atoms with Gasteiger partial charge in [-0.25, -0.2) is 17.2 Å². The zero-order chi connectivity index (χ0) is 27.8. The molecule has 1 aliphatic carbocycles. The average Bonchev–Trinajstić information content (AvgIpc) is 3.62. The van der Waals surface area contributed by atoms with Crippen molar-refractivity contribution in [2.75, 3.05) is 58.4 Å². The normalized spacial score (nSPS) is 20.1. The Bertz CT molecular complexity index is 1330. The summed E-state index contributed by atoms with van der Waals surface area (Å²) in [7, 11) is -3.72. The van der Waals surface area contributed by atoms with Gasteiger partial charge in [-0.1, -0.05) is 0 Å². The van der Waals surface area contributed by atoms with Crippen LogP contribution in [0.25, 0.3) is 0 Å². The number of amides is 1. The first kappa shape index (κ1) is 27.6. The van der Waals surface area contributed by atoms with Gasteiger partial charge >= 0.3 is 0 Å². The number of carbonyl (C=O) groups is 1. The highest BCUT2D eigenvalue weighted by Gasteiger charge is 2.44. The van der Waals surface area contributed by atoms with Crippen LogP contribution in [0.3, 0.4) is 0 Å². The van der Waals surface area contributed by atoms with Crippen LogP contribution >= 0.6 is 0 Å². The number of anilines is 4. The largest absolute Gasteiger partial charge is 0.395 e. The van der Waals surface area contributed by atoms with Gasteiger partial charge in [-0.3, -0.25) is 9.52 Å². The number of aliphatic hydroxyl groups is 1. The molecule has 5 rings (SSSR count). The van der Waals surface area contributed by atoms with E-state index in [-0.39, 0.29) is 31.8 Å². The number of alkyl halides is 2. The fourth-order valence-electron chi connectivity index (χ4n) is 5.61. The molecule has 0 bridgehead atoms. The minimum Gasteiger partial charge on any atom is -0.395 e. The summed E-state index contributed by atoms with van der Waals surface area (Å²) in [5.74, 6) is -3.38. The molecule has 8 nitrogen and oxygen atoms in total. The first-order valence-corrected chi connectivity index (χ1v) is 15.2. The molecule has 1 saturated carbocycles. The van der Waals surface area contributed by atoms with Gasteiger partial charge in [0, 0.05) is 50.4 Å². The van der Waals surface area contributed by atoms with E-state index in [1.807, 2.05) is 30.0 Å².